The maximum Gasteiger partial charge on any atom is 0.350 e. The van der Waals surface area contributed by atoms with Crippen molar-refractivity contribution < 1.29 is 14.3 Å². The van der Waals surface area contributed by atoms with Crippen LogP contribution in [0.25, 0.3) is 0 Å². The third-order valence-electron chi connectivity index (χ3n) is 4.81. The van der Waals surface area contributed by atoms with Crippen molar-refractivity contribution in [1.29, 1.82) is 0 Å². The highest BCUT2D eigenvalue weighted by Gasteiger charge is 2.37. The smallest absolute Gasteiger partial charge is 0.350 e. The fourth-order valence-corrected chi connectivity index (χ4v) is 3.32. The van der Waals surface area contributed by atoms with Gasteiger partial charge in [0.25, 0.3) is 0 Å². The molecular weight excluding hydrogens is 280 g/mol. The zero-order valence-electron chi connectivity index (χ0n) is 13.9. The summed E-state index contributed by atoms with van der Waals surface area (Å²) in [7, 11) is 0. The number of ketones is 1. The Bertz CT molecular complexity index is 679. The Kier molecular flexibility index (Phi) is 4.59. The lowest BCUT2D eigenvalue weighted by Gasteiger charge is -2.34. The maximum absolute atomic E-state index is 12.9. The van der Waals surface area contributed by atoms with Crippen LogP contribution in [0.1, 0.15) is 56.7 Å². The highest BCUT2D eigenvalue weighted by Crippen LogP contribution is 2.40. The Hall–Kier alpha value is -1.84. The normalized spacial score (nSPS) is 22.3. The molecule has 1 heterocycles. The van der Waals surface area contributed by atoms with Gasteiger partial charge in [0.2, 0.25) is 0 Å². The van der Waals surface area contributed by atoms with Crippen molar-refractivity contribution >= 4 is 5.78 Å². The quantitative estimate of drug-likeness (QED) is 0.680. The Morgan fingerprint density at radius 1 is 1.23 bits per heavy atom. The number of aryl methyl sites for hydroxylation is 1. The Balaban J connectivity index is 2.46. The summed E-state index contributed by atoms with van der Waals surface area (Å²) >= 11 is 0. The zero-order valence-corrected chi connectivity index (χ0v) is 13.9. The van der Waals surface area contributed by atoms with Gasteiger partial charge in [-0.3, -0.25) is 4.79 Å². The van der Waals surface area contributed by atoms with Gasteiger partial charge in [-0.2, -0.15) is 0 Å². The average molecular weight is 304 g/mol. The van der Waals surface area contributed by atoms with Gasteiger partial charge < -0.3 is 9.52 Å². The van der Waals surface area contributed by atoms with Crippen LogP contribution in [0.3, 0.4) is 0 Å². The molecule has 4 nitrogen and oxygen atoms in total. The predicted molar refractivity (Wildman–Crippen MR) is 85.1 cm³/mol. The fourth-order valence-electron chi connectivity index (χ4n) is 3.32. The minimum absolute atomic E-state index is 0.177. The molecule has 0 saturated heterocycles. The third kappa shape index (κ3) is 3.01. The molecule has 1 aromatic rings. The second kappa shape index (κ2) is 6.11. The summed E-state index contributed by atoms with van der Waals surface area (Å²) in [6.07, 6.45) is 1.50. The summed E-state index contributed by atoms with van der Waals surface area (Å²) < 4.78 is 5.00. The van der Waals surface area contributed by atoms with Gasteiger partial charge in [0.1, 0.15) is 17.1 Å². The first-order valence-electron chi connectivity index (χ1n) is 7.75. The van der Waals surface area contributed by atoms with Crippen molar-refractivity contribution in [1.82, 2.24) is 0 Å². The van der Waals surface area contributed by atoms with Crippen molar-refractivity contribution in [3.05, 3.63) is 39.0 Å². The van der Waals surface area contributed by atoms with E-state index >= 15 is 0 Å². The molecule has 1 N–H and O–H groups in total. The molecule has 0 aliphatic heterocycles. The molecule has 0 radical (unpaired) electrons. The Morgan fingerprint density at radius 3 is 2.36 bits per heavy atom. The fraction of sp³-hybridized carbons (Fsp3) is 0.556. The van der Waals surface area contributed by atoms with Crippen molar-refractivity contribution in [3.8, 4) is 5.75 Å². The van der Waals surface area contributed by atoms with Crippen LogP contribution in [0.2, 0.25) is 0 Å². The van der Waals surface area contributed by atoms with Crippen LogP contribution in [0.5, 0.6) is 5.75 Å². The van der Waals surface area contributed by atoms with E-state index in [4.69, 9.17) is 4.42 Å². The minimum atomic E-state index is -0.742. The van der Waals surface area contributed by atoms with E-state index in [1.165, 1.54) is 17.2 Å². The lowest BCUT2D eigenvalue weighted by molar-refractivity contribution is 0.0820. The molecule has 0 bridgehead atoms. The first-order chi connectivity index (χ1) is 10.2. The van der Waals surface area contributed by atoms with Gasteiger partial charge in [-0.25, -0.2) is 4.79 Å². The molecule has 0 saturated carbocycles. The van der Waals surface area contributed by atoms with Gasteiger partial charge in [-0.1, -0.05) is 25.0 Å². The summed E-state index contributed by atoms with van der Waals surface area (Å²) in [5, 5.41) is 10.0. The van der Waals surface area contributed by atoms with Crippen molar-refractivity contribution in [2.45, 2.75) is 47.5 Å². The van der Waals surface area contributed by atoms with E-state index in [0.29, 0.717) is 18.1 Å². The standard InChI is InChI=1S/C18H24O4/c1-9(2)13-6-10(3)11(4)7-14(13)17(20)16-15(19)8-12(5)22-18(16)21/h8-9,13-14,19H,6-7H2,1-5H3. The number of hydrogen-bond acceptors (Lipinski definition) is 4. The topological polar surface area (TPSA) is 67.5 Å². The number of carbonyl (C=O) groups is 1. The second-order valence-electron chi connectivity index (χ2n) is 6.75. The molecule has 0 spiro atoms. The molecule has 2 rings (SSSR count). The van der Waals surface area contributed by atoms with E-state index in [0.717, 1.165) is 6.42 Å². The van der Waals surface area contributed by atoms with E-state index in [9.17, 15) is 14.7 Å². The van der Waals surface area contributed by atoms with Crippen LogP contribution in [-0.4, -0.2) is 10.9 Å². The molecule has 1 aliphatic rings. The van der Waals surface area contributed by atoms with Crippen molar-refractivity contribution in [2.24, 2.45) is 17.8 Å². The van der Waals surface area contributed by atoms with Gasteiger partial charge in [-0.15, -0.1) is 0 Å². The lowest BCUT2D eigenvalue weighted by atomic mass is 9.69. The highest BCUT2D eigenvalue weighted by molar-refractivity contribution is 6.00. The van der Waals surface area contributed by atoms with Crippen LogP contribution < -0.4 is 5.63 Å². The number of rotatable bonds is 3. The highest BCUT2D eigenvalue weighted by atomic mass is 16.4. The molecule has 0 amide bonds. The van der Waals surface area contributed by atoms with Crippen molar-refractivity contribution in [3.63, 3.8) is 0 Å². The first kappa shape index (κ1) is 16.5. The molecule has 1 aromatic heterocycles. The second-order valence-corrected chi connectivity index (χ2v) is 6.75. The number of hydrogen-bond donors (Lipinski definition) is 1. The average Bonchev–Trinajstić information content (AvgIpc) is 2.39. The Morgan fingerprint density at radius 2 is 1.82 bits per heavy atom. The first-order valence-corrected chi connectivity index (χ1v) is 7.75. The number of Topliss-reactive ketones (excluding diaryl/α,β-unsaturated/α-hetero) is 1. The molecule has 0 fully saturated rings. The molecule has 1 aliphatic carbocycles. The van der Waals surface area contributed by atoms with Gasteiger partial charge >= 0.3 is 5.63 Å². The van der Waals surface area contributed by atoms with E-state index in [2.05, 4.69) is 20.8 Å². The largest absolute Gasteiger partial charge is 0.507 e. The van der Waals surface area contributed by atoms with Gasteiger partial charge in [-0.05, 0) is 45.4 Å². The van der Waals surface area contributed by atoms with E-state index in [1.807, 2.05) is 6.92 Å². The lowest BCUT2D eigenvalue weighted by Crippen LogP contribution is -2.33. The number of aromatic hydroxyl groups is 1. The van der Waals surface area contributed by atoms with E-state index < -0.39 is 5.63 Å². The SMILES string of the molecule is CC1=C(C)CC(C(C)C)C(C(=O)c2c(O)cc(C)oc2=O)C1. The van der Waals surface area contributed by atoms with Crippen LogP contribution in [0, 0.1) is 24.7 Å². The van der Waals surface area contributed by atoms with Crippen LogP contribution in [-0.2, 0) is 0 Å². The van der Waals surface area contributed by atoms with Crippen LogP contribution >= 0.6 is 0 Å². The van der Waals surface area contributed by atoms with Gasteiger partial charge in [0.05, 0.1) is 0 Å². The molecule has 120 valence electrons. The molecule has 2 atom stereocenters. The molecule has 0 aromatic carbocycles. The summed E-state index contributed by atoms with van der Waals surface area (Å²) in [6, 6.07) is 1.33. The van der Waals surface area contributed by atoms with E-state index in [-0.39, 0.29) is 28.9 Å². The summed E-state index contributed by atoms with van der Waals surface area (Å²) in [5.74, 6) is -0.0369. The van der Waals surface area contributed by atoms with Gasteiger partial charge in [0.15, 0.2) is 5.78 Å². The summed E-state index contributed by atoms with van der Waals surface area (Å²) in [6.45, 7) is 9.89. The summed E-state index contributed by atoms with van der Waals surface area (Å²) in [4.78, 5) is 24.9. The molecule has 2 unspecified atom stereocenters. The molecule has 4 heteroatoms. The molecular formula is C18H24O4. The van der Waals surface area contributed by atoms with Gasteiger partial charge in [0, 0.05) is 12.0 Å². The third-order valence-corrected chi connectivity index (χ3v) is 4.81. The monoisotopic (exact) mass is 304 g/mol. The van der Waals surface area contributed by atoms with Crippen LogP contribution in [0.4, 0.5) is 0 Å². The predicted octanol–water partition coefficient (Wildman–Crippen LogP) is 3.86. The summed E-state index contributed by atoms with van der Waals surface area (Å²) in [5.41, 5.74) is 1.58. The zero-order chi connectivity index (χ0) is 16.6. The molecule has 22 heavy (non-hydrogen) atoms. The maximum atomic E-state index is 12.9. The minimum Gasteiger partial charge on any atom is -0.507 e. The van der Waals surface area contributed by atoms with E-state index in [1.54, 1.807) is 6.92 Å². The number of allylic oxidation sites excluding steroid dienone is 2. The van der Waals surface area contributed by atoms with Crippen molar-refractivity contribution in [2.75, 3.05) is 0 Å². The number of carbonyl (C=O) groups excluding carboxylic acids is 1. The van der Waals surface area contributed by atoms with Crippen LogP contribution in [0.15, 0.2) is 26.4 Å². The Labute approximate surface area is 130 Å².